The highest BCUT2D eigenvalue weighted by molar-refractivity contribution is 5.82. The lowest BCUT2D eigenvalue weighted by molar-refractivity contribution is -0.138. The third-order valence-electron chi connectivity index (χ3n) is 3.31. The van der Waals surface area contributed by atoms with Gasteiger partial charge in [0, 0.05) is 6.04 Å². The maximum atomic E-state index is 11.5. The first-order valence-electron chi connectivity index (χ1n) is 6.29. The molecular formula is C12H22N2O3. The summed E-state index contributed by atoms with van der Waals surface area (Å²) in [4.78, 5) is 22.1. The van der Waals surface area contributed by atoms with Crippen LogP contribution in [-0.4, -0.2) is 29.2 Å². The molecule has 0 bridgehead atoms. The third-order valence-corrected chi connectivity index (χ3v) is 3.31. The number of hydrogen-bond acceptors (Lipinski definition) is 2. The van der Waals surface area contributed by atoms with Crippen molar-refractivity contribution in [1.82, 2.24) is 10.6 Å². The van der Waals surface area contributed by atoms with Crippen molar-refractivity contribution in [2.45, 2.75) is 58.0 Å². The van der Waals surface area contributed by atoms with E-state index in [0.29, 0.717) is 0 Å². The van der Waals surface area contributed by atoms with Gasteiger partial charge in [-0.15, -0.1) is 0 Å². The fourth-order valence-electron chi connectivity index (χ4n) is 2.12. The maximum Gasteiger partial charge on any atom is 0.325 e. The van der Waals surface area contributed by atoms with Crippen molar-refractivity contribution >= 4 is 12.0 Å². The number of nitrogens with one attached hydrogen (secondary N) is 2. The van der Waals surface area contributed by atoms with Gasteiger partial charge in [0.05, 0.1) is 0 Å². The minimum Gasteiger partial charge on any atom is -0.480 e. The Morgan fingerprint density at radius 3 is 2.59 bits per heavy atom. The van der Waals surface area contributed by atoms with Crippen LogP contribution in [0, 0.1) is 5.92 Å². The second-order valence-corrected chi connectivity index (χ2v) is 4.99. The van der Waals surface area contributed by atoms with Crippen molar-refractivity contribution < 1.29 is 14.7 Å². The Bertz CT molecular complexity index is 281. The van der Waals surface area contributed by atoms with Crippen LogP contribution in [0.15, 0.2) is 0 Å². The van der Waals surface area contributed by atoms with E-state index in [-0.39, 0.29) is 12.1 Å². The van der Waals surface area contributed by atoms with Crippen molar-refractivity contribution in [3.8, 4) is 0 Å². The zero-order valence-corrected chi connectivity index (χ0v) is 10.5. The van der Waals surface area contributed by atoms with E-state index in [0.717, 1.165) is 31.6 Å². The van der Waals surface area contributed by atoms with Crippen LogP contribution in [0.5, 0.6) is 0 Å². The summed E-state index contributed by atoms with van der Waals surface area (Å²) in [6.45, 7) is 3.69. The van der Waals surface area contributed by atoms with Gasteiger partial charge in [-0.2, -0.15) is 0 Å². The smallest absolute Gasteiger partial charge is 0.325 e. The van der Waals surface area contributed by atoms with Gasteiger partial charge in [-0.05, 0) is 32.1 Å². The molecule has 1 rings (SSSR count). The van der Waals surface area contributed by atoms with Crippen LogP contribution in [0.3, 0.4) is 0 Å². The summed E-state index contributed by atoms with van der Waals surface area (Å²) in [6, 6.07) is -1.04. The number of carboxylic acid groups (broad SMARTS) is 1. The van der Waals surface area contributed by atoms with Crippen LogP contribution in [0.4, 0.5) is 4.79 Å². The summed E-state index contributed by atoms with van der Waals surface area (Å²) in [5.41, 5.74) is 0. The van der Waals surface area contributed by atoms with Crippen LogP contribution >= 0.6 is 0 Å². The van der Waals surface area contributed by atoms with E-state index in [4.69, 9.17) is 5.11 Å². The summed E-state index contributed by atoms with van der Waals surface area (Å²) in [5.74, 6) is -0.294. The molecule has 0 aromatic carbocycles. The van der Waals surface area contributed by atoms with Crippen LogP contribution in [0.1, 0.15) is 46.0 Å². The van der Waals surface area contributed by atoms with E-state index in [1.807, 2.05) is 0 Å². The second-order valence-electron chi connectivity index (χ2n) is 4.99. The number of carboxylic acids is 1. The Morgan fingerprint density at radius 1 is 1.24 bits per heavy atom. The quantitative estimate of drug-likeness (QED) is 0.659. The Kier molecular flexibility index (Phi) is 5.25. The van der Waals surface area contributed by atoms with Crippen molar-refractivity contribution in [1.29, 1.82) is 0 Å². The van der Waals surface area contributed by atoms with Gasteiger partial charge in [0.1, 0.15) is 6.04 Å². The highest BCUT2D eigenvalue weighted by atomic mass is 16.4. The predicted octanol–water partition coefficient (Wildman–Crippen LogP) is 1.73. The summed E-state index contributed by atoms with van der Waals surface area (Å²) in [7, 11) is 0. The molecule has 3 atom stereocenters. The van der Waals surface area contributed by atoms with Gasteiger partial charge >= 0.3 is 12.0 Å². The molecule has 3 N–H and O–H groups in total. The Morgan fingerprint density at radius 2 is 1.94 bits per heavy atom. The number of aliphatic carboxylic acids is 1. The zero-order valence-electron chi connectivity index (χ0n) is 10.5. The number of carbonyl (C=O) groups is 2. The molecule has 0 aromatic heterocycles. The van der Waals surface area contributed by atoms with Gasteiger partial charge in [-0.1, -0.05) is 19.8 Å². The molecule has 2 unspecified atom stereocenters. The number of rotatable bonds is 3. The van der Waals surface area contributed by atoms with Gasteiger partial charge in [-0.25, -0.2) is 4.79 Å². The molecule has 1 fully saturated rings. The minimum atomic E-state index is -1.02. The first-order chi connectivity index (χ1) is 7.99. The fraction of sp³-hybridized carbons (Fsp3) is 0.833. The average molecular weight is 242 g/mol. The van der Waals surface area contributed by atoms with Crippen LogP contribution in [0.2, 0.25) is 0 Å². The van der Waals surface area contributed by atoms with E-state index in [2.05, 4.69) is 17.6 Å². The fourth-order valence-corrected chi connectivity index (χ4v) is 2.12. The molecular weight excluding hydrogens is 220 g/mol. The van der Waals surface area contributed by atoms with Gasteiger partial charge in [0.15, 0.2) is 0 Å². The molecule has 1 aliphatic carbocycles. The van der Waals surface area contributed by atoms with Crippen LogP contribution in [-0.2, 0) is 4.79 Å². The zero-order chi connectivity index (χ0) is 12.8. The lowest BCUT2D eigenvalue weighted by atomic mass is 10.0. The Hall–Kier alpha value is -1.26. The largest absolute Gasteiger partial charge is 0.480 e. The normalized spacial score (nSPS) is 26.7. The SMILES string of the molecule is CC1CCCC(NC(=O)N[C@H](C)C(=O)O)CC1. The lowest BCUT2D eigenvalue weighted by Gasteiger charge is -2.18. The first-order valence-corrected chi connectivity index (χ1v) is 6.29. The number of carbonyl (C=O) groups excluding carboxylic acids is 1. The van der Waals surface area contributed by atoms with Crippen molar-refractivity contribution in [2.24, 2.45) is 5.92 Å². The topological polar surface area (TPSA) is 78.4 Å². The van der Waals surface area contributed by atoms with Crippen LogP contribution < -0.4 is 10.6 Å². The number of amides is 2. The molecule has 0 aliphatic heterocycles. The molecule has 0 aromatic rings. The molecule has 1 saturated carbocycles. The molecule has 2 amide bonds. The predicted molar refractivity (Wildman–Crippen MR) is 64.8 cm³/mol. The van der Waals surface area contributed by atoms with Gasteiger partial charge in [-0.3, -0.25) is 4.79 Å². The summed E-state index contributed by atoms with van der Waals surface area (Å²) in [6.07, 6.45) is 5.43. The monoisotopic (exact) mass is 242 g/mol. The van der Waals surface area contributed by atoms with E-state index in [1.165, 1.54) is 13.3 Å². The molecule has 5 heteroatoms. The van der Waals surface area contributed by atoms with E-state index in [1.54, 1.807) is 0 Å². The van der Waals surface area contributed by atoms with Gasteiger partial charge < -0.3 is 15.7 Å². The van der Waals surface area contributed by atoms with Crippen molar-refractivity contribution in [2.75, 3.05) is 0 Å². The highest BCUT2D eigenvalue weighted by Crippen LogP contribution is 2.22. The molecule has 0 spiro atoms. The van der Waals surface area contributed by atoms with Crippen molar-refractivity contribution in [3.63, 3.8) is 0 Å². The van der Waals surface area contributed by atoms with E-state index < -0.39 is 12.0 Å². The maximum absolute atomic E-state index is 11.5. The van der Waals surface area contributed by atoms with E-state index in [9.17, 15) is 9.59 Å². The molecule has 0 heterocycles. The number of urea groups is 1. The molecule has 5 nitrogen and oxygen atoms in total. The molecule has 98 valence electrons. The van der Waals surface area contributed by atoms with Crippen LogP contribution in [0.25, 0.3) is 0 Å². The Balaban J connectivity index is 2.32. The molecule has 1 aliphatic rings. The van der Waals surface area contributed by atoms with Gasteiger partial charge in [0.25, 0.3) is 0 Å². The molecule has 0 radical (unpaired) electrons. The summed E-state index contributed by atoms with van der Waals surface area (Å²) < 4.78 is 0. The van der Waals surface area contributed by atoms with Crippen molar-refractivity contribution in [3.05, 3.63) is 0 Å². The summed E-state index contributed by atoms with van der Waals surface area (Å²) >= 11 is 0. The Labute approximate surface area is 102 Å². The average Bonchev–Trinajstić information content (AvgIpc) is 2.43. The standard InChI is InChI=1S/C12H22N2O3/c1-8-4-3-5-10(7-6-8)14-12(17)13-9(2)11(15)16/h8-10H,3-7H2,1-2H3,(H,15,16)(H2,13,14,17)/t8?,9-,10?/m1/s1. The highest BCUT2D eigenvalue weighted by Gasteiger charge is 2.19. The molecule has 0 saturated heterocycles. The first kappa shape index (κ1) is 13.8. The minimum absolute atomic E-state index is 0.181. The summed E-state index contributed by atoms with van der Waals surface area (Å²) in [5, 5.41) is 13.9. The van der Waals surface area contributed by atoms with E-state index >= 15 is 0 Å². The second kappa shape index (κ2) is 6.47. The molecule has 17 heavy (non-hydrogen) atoms. The number of hydrogen-bond donors (Lipinski definition) is 3. The van der Waals surface area contributed by atoms with Gasteiger partial charge in [0.2, 0.25) is 0 Å². The third kappa shape index (κ3) is 5.06. The lowest BCUT2D eigenvalue weighted by Crippen LogP contribution is -2.47.